The second-order valence-corrected chi connectivity index (χ2v) is 10.7. The summed E-state index contributed by atoms with van der Waals surface area (Å²) in [6, 6.07) is 17.7. The molecule has 0 aliphatic rings. The van der Waals surface area contributed by atoms with Gasteiger partial charge in [-0.3, -0.25) is 0 Å². The van der Waals surface area contributed by atoms with Crippen molar-refractivity contribution in [2.24, 2.45) is 0 Å². The van der Waals surface area contributed by atoms with Crippen molar-refractivity contribution in [3.05, 3.63) is 77.4 Å². The van der Waals surface area contributed by atoms with Gasteiger partial charge in [-0.15, -0.1) is 10.2 Å². The standard InChI is InChI=1S/C24H28N2S3/c1-4-18(3)22-12-10-21(11-13-22)15-17-28-24-26-25-23(29-24)27-16-14-20-8-6-19(5-2)7-9-20/h5-13,18H,2,4,14-17H2,1,3H3. The molecule has 3 rings (SSSR count). The highest BCUT2D eigenvalue weighted by molar-refractivity contribution is 8.03. The molecule has 1 heterocycles. The van der Waals surface area contributed by atoms with Crippen LogP contribution >= 0.6 is 34.9 Å². The van der Waals surface area contributed by atoms with Gasteiger partial charge < -0.3 is 0 Å². The van der Waals surface area contributed by atoms with Crippen LogP contribution in [0.4, 0.5) is 0 Å². The number of benzene rings is 2. The number of nitrogens with zero attached hydrogens (tertiary/aromatic N) is 2. The molecule has 2 nitrogen and oxygen atoms in total. The predicted molar refractivity (Wildman–Crippen MR) is 130 cm³/mol. The van der Waals surface area contributed by atoms with Gasteiger partial charge in [0.15, 0.2) is 8.68 Å². The summed E-state index contributed by atoms with van der Waals surface area (Å²) in [5.74, 6) is 2.70. The normalized spacial score (nSPS) is 12.1. The van der Waals surface area contributed by atoms with Crippen molar-refractivity contribution in [3.63, 3.8) is 0 Å². The van der Waals surface area contributed by atoms with Crippen LogP contribution in [0.5, 0.6) is 0 Å². The minimum absolute atomic E-state index is 0.641. The van der Waals surface area contributed by atoms with E-state index in [0.717, 1.165) is 33.0 Å². The molecule has 1 unspecified atom stereocenters. The maximum absolute atomic E-state index is 4.34. The summed E-state index contributed by atoms with van der Waals surface area (Å²) in [6.45, 7) is 8.32. The highest BCUT2D eigenvalue weighted by Crippen LogP contribution is 2.29. The zero-order valence-electron chi connectivity index (χ0n) is 17.1. The van der Waals surface area contributed by atoms with Gasteiger partial charge in [-0.1, -0.05) is 110 Å². The second-order valence-electron chi connectivity index (χ2n) is 7.03. The summed E-state index contributed by atoms with van der Waals surface area (Å²) in [6.07, 6.45) is 5.17. The Kier molecular flexibility index (Phi) is 8.84. The molecule has 0 aliphatic carbocycles. The molecule has 0 aliphatic heterocycles. The van der Waals surface area contributed by atoms with Gasteiger partial charge in [0.2, 0.25) is 0 Å². The topological polar surface area (TPSA) is 25.8 Å². The predicted octanol–water partition coefficient (Wildman–Crippen LogP) is 7.36. The molecule has 0 saturated heterocycles. The molecule has 2 aromatic carbocycles. The minimum atomic E-state index is 0.641. The molecule has 1 atom stereocenters. The molecule has 1 aromatic heterocycles. The van der Waals surface area contributed by atoms with Gasteiger partial charge in [0.25, 0.3) is 0 Å². The fourth-order valence-corrected chi connectivity index (χ4v) is 6.03. The van der Waals surface area contributed by atoms with Crippen molar-refractivity contribution in [2.45, 2.75) is 47.7 Å². The van der Waals surface area contributed by atoms with Crippen LogP contribution in [0, 0.1) is 0 Å². The van der Waals surface area contributed by atoms with Crippen molar-refractivity contribution < 1.29 is 0 Å². The Hall–Kier alpha value is -1.56. The molecule has 3 aromatic rings. The monoisotopic (exact) mass is 440 g/mol. The molecule has 5 heteroatoms. The molecule has 0 amide bonds. The molecule has 0 radical (unpaired) electrons. The van der Waals surface area contributed by atoms with Crippen LogP contribution in [0.3, 0.4) is 0 Å². The lowest BCUT2D eigenvalue weighted by atomic mass is 9.97. The van der Waals surface area contributed by atoms with Crippen LogP contribution in [0.15, 0.2) is 63.8 Å². The zero-order valence-corrected chi connectivity index (χ0v) is 19.6. The van der Waals surface area contributed by atoms with E-state index in [9.17, 15) is 0 Å². The van der Waals surface area contributed by atoms with Crippen LogP contribution < -0.4 is 0 Å². The van der Waals surface area contributed by atoms with E-state index < -0.39 is 0 Å². The van der Waals surface area contributed by atoms with E-state index in [0.29, 0.717) is 5.92 Å². The highest BCUT2D eigenvalue weighted by atomic mass is 32.2. The van der Waals surface area contributed by atoms with Gasteiger partial charge in [-0.05, 0) is 47.4 Å². The Labute approximate surface area is 187 Å². The van der Waals surface area contributed by atoms with Gasteiger partial charge in [-0.25, -0.2) is 0 Å². The zero-order chi connectivity index (χ0) is 20.5. The van der Waals surface area contributed by atoms with Gasteiger partial charge >= 0.3 is 0 Å². The Morgan fingerprint density at radius 3 is 1.90 bits per heavy atom. The number of thioether (sulfide) groups is 2. The summed E-state index contributed by atoms with van der Waals surface area (Å²) < 4.78 is 2.13. The minimum Gasteiger partial charge on any atom is -0.131 e. The van der Waals surface area contributed by atoms with E-state index >= 15 is 0 Å². The first kappa shape index (κ1) is 22.1. The lowest BCUT2D eigenvalue weighted by molar-refractivity contribution is 0.733. The van der Waals surface area contributed by atoms with Crippen LogP contribution in [-0.2, 0) is 12.8 Å². The summed E-state index contributed by atoms with van der Waals surface area (Å²) in [5.41, 5.74) is 5.35. The molecule has 0 fully saturated rings. The van der Waals surface area contributed by atoms with E-state index in [1.165, 1.54) is 28.7 Å². The summed E-state index contributed by atoms with van der Waals surface area (Å²) in [5, 5.41) is 8.68. The van der Waals surface area contributed by atoms with Gasteiger partial charge in [-0.2, -0.15) is 0 Å². The number of rotatable bonds is 11. The molecular weight excluding hydrogens is 412 g/mol. The number of aryl methyl sites for hydroxylation is 2. The average Bonchev–Trinajstić information content (AvgIpc) is 3.22. The molecule has 152 valence electrons. The highest BCUT2D eigenvalue weighted by Gasteiger charge is 2.07. The molecule has 0 saturated carbocycles. The van der Waals surface area contributed by atoms with Gasteiger partial charge in [0, 0.05) is 11.5 Å². The number of aromatic nitrogens is 2. The van der Waals surface area contributed by atoms with Crippen LogP contribution in [0.25, 0.3) is 6.08 Å². The Bertz CT molecular complexity index is 885. The molecular formula is C24H28N2S3. The van der Waals surface area contributed by atoms with E-state index in [2.05, 4.69) is 79.2 Å². The number of hydrogen-bond acceptors (Lipinski definition) is 5. The van der Waals surface area contributed by atoms with E-state index in [1.54, 1.807) is 23.1 Å². The summed E-state index contributed by atoms with van der Waals surface area (Å²) >= 11 is 5.31. The Balaban J connectivity index is 1.39. The Morgan fingerprint density at radius 1 is 0.897 bits per heavy atom. The van der Waals surface area contributed by atoms with Crippen LogP contribution in [0.2, 0.25) is 0 Å². The van der Waals surface area contributed by atoms with Crippen molar-refractivity contribution >= 4 is 40.9 Å². The van der Waals surface area contributed by atoms with Crippen molar-refractivity contribution in [3.8, 4) is 0 Å². The Morgan fingerprint density at radius 2 is 1.41 bits per heavy atom. The lowest BCUT2D eigenvalue weighted by Gasteiger charge is -2.09. The third kappa shape index (κ3) is 7.02. The average molecular weight is 441 g/mol. The molecule has 0 spiro atoms. The lowest BCUT2D eigenvalue weighted by Crippen LogP contribution is -1.93. The van der Waals surface area contributed by atoms with Gasteiger partial charge in [0.1, 0.15) is 0 Å². The fourth-order valence-electron chi connectivity index (χ4n) is 2.90. The first-order valence-corrected chi connectivity index (χ1v) is 12.9. The van der Waals surface area contributed by atoms with Crippen molar-refractivity contribution in [1.29, 1.82) is 0 Å². The van der Waals surface area contributed by atoms with Crippen LogP contribution in [-0.4, -0.2) is 21.7 Å². The van der Waals surface area contributed by atoms with E-state index in [4.69, 9.17) is 0 Å². The smallest absolute Gasteiger partial charge is 0.131 e. The largest absolute Gasteiger partial charge is 0.175 e. The maximum Gasteiger partial charge on any atom is 0.175 e. The molecule has 0 bridgehead atoms. The first-order chi connectivity index (χ1) is 14.2. The second kappa shape index (κ2) is 11.6. The molecule has 29 heavy (non-hydrogen) atoms. The SMILES string of the molecule is C=Cc1ccc(CCSc2nnc(SCCc3ccc(C(C)CC)cc3)s2)cc1. The third-order valence-electron chi connectivity index (χ3n) is 5.00. The first-order valence-electron chi connectivity index (χ1n) is 10.1. The van der Waals surface area contributed by atoms with Crippen molar-refractivity contribution in [1.82, 2.24) is 10.2 Å². The quantitative estimate of drug-likeness (QED) is 0.291. The maximum atomic E-state index is 4.34. The third-order valence-corrected chi connectivity index (χ3v) is 8.19. The summed E-state index contributed by atoms with van der Waals surface area (Å²) in [7, 11) is 0. The van der Waals surface area contributed by atoms with Gasteiger partial charge in [0.05, 0.1) is 0 Å². The molecule has 0 N–H and O–H groups in total. The fraction of sp³-hybridized carbons (Fsp3) is 0.333. The van der Waals surface area contributed by atoms with Crippen LogP contribution in [0.1, 0.15) is 48.4 Å². The van der Waals surface area contributed by atoms with Crippen molar-refractivity contribution in [2.75, 3.05) is 11.5 Å². The van der Waals surface area contributed by atoms with E-state index in [-0.39, 0.29) is 0 Å². The van der Waals surface area contributed by atoms with E-state index in [1.807, 2.05) is 17.8 Å². The summed E-state index contributed by atoms with van der Waals surface area (Å²) in [4.78, 5) is 0. The number of hydrogen-bond donors (Lipinski definition) is 0.